The minimum atomic E-state index is -0.639. The molecule has 1 aromatic carbocycles. The number of carbonyl (C=O) groups excluding carboxylic acids is 2. The van der Waals surface area contributed by atoms with Gasteiger partial charge in [-0.15, -0.1) is 0 Å². The van der Waals surface area contributed by atoms with Gasteiger partial charge in [0.1, 0.15) is 6.04 Å². The van der Waals surface area contributed by atoms with Gasteiger partial charge in [-0.1, -0.05) is 37.2 Å². The predicted molar refractivity (Wildman–Crippen MR) is 91.6 cm³/mol. The maximum absolute atomic E-state index is 12.5. The highest BCUT2D eigenvalue weighted by molar-refractivity contribution is 5.94. The Morgan fingerprint density at radius 2 is 2.00 bits per heavy atom. The van der Waals surface area contributed by atoms with Crippen molar-refractivity contribution in [2.45, 2.75) is 33.2 Å². The predicted octanol–water partition coefficient (Wildman–Crippen LogP) is 2.11. The second kappa shape index (κ2) is 6.66. The topological polar surface area (TPSA) is 88.3 Å². The number of nitrogens with one attached hydrogen (secondary N) is 1. The fourth-order valence-corrected chi connectivity index (χ4v) is 2.91. The first-order valence-corrected chi connectivity index (χ1v) is 8.34. The number of hydrogen-bond acceptors (Lipinski definition) is 5. The molecule has 1 aromatic heterocycles. The Balaban J connectivity index is 1.62. The first kappa shape index (κ1) is 17.1. The second-order valence-corrected chi connectivity index (χ2v) is 7.16. The normalized spacial score (nSPS) is 17.3. The van der Waals surface area contributed by atoms with E-state index in [0.29, 0.717) is 13.1 Å². The molecule has 132 valence electrons. The molecule has 25 heavy (non-hydrogen) atoms. The molecule has 1 saturated heterocycles. The Kier molecular flexibility index (Phi) is 4.57. The fraction of sp³-hybridized carbons (Fsp3) is 0.444. The average Bonchev–Trinajstić information content (AvgIpc) is 3.21. The summed E-state index contributed by atoms with van der Waals surface area (Å²) in [6.07, 6.45) is 0.963. The molecule has 0 radical (unpaired) electrons. The van der Waals surface area contributed by atoms with Crippen LogP contribution in [-0.4, -0.2) is 46.0 Å². The Hall–Kier alpha value is -2.70. The van der Waals surface area contributed by atoms with Gasteiger partial charge in [0.15, 0.2) is 0 Å². The number of benzene rings is 1. The van der Waals surface area contributed by atoms with Crippen LogP contribution in [0.1, 0.15) is 37.8 Å². The Bertz CT molecular complexity index is 770. The standard InChI is InChI=1S/C18H22N4O3/c1-12(17(24)22-10-9-18(2,3)11-22)19-15(23)14-20-16(25-21-14)13-7-5-4-6-8-13/h4-8,12H,9-11H2,1-3H3,(H,19,23)/t12-/m1/s1. The highest BCUT2D eigenvalue weighted by atomic mass is 16.5. The SMILES string of the molecule is C[C@@H](NC(=O)c1noc(-c2ccccc2)n1)C(=O)N1CCC(C)(C)C1. The summed E-state index contributed by atoms with van der Waals surface area (Å²) in [7, 11) is 0. The van der Waals surface area contributed by atoms with E-state index >= 15 is 0 Å². The van der Waals surface area contributed by atoms with Crippen molar-refractivity contribution in [3.63, 3.8) is 0 Å². The molecule has 0 saturated carbocycles. The van der Waals surface area contributed by atoms with Crippen LogP contribution in [0.4, 0.5) is 0 Å². The minimum absolute atomic E-state index is 0.0831. The third-order valence-electron chi connectivity index (χ3n) is 4.36. The van der Waals surface area contributed by atoms with E-state index in [2.05, 4.69) is 29.3 Å². The Morgan fingerprint density at radius 1 is 1.28 bits per heavy atom. The van der Waals surface area contributed by atoms with E-state index in [9.17, 15) is 9.59 Å². The molecule has 1 N–H and O–H groups in total. The van der Waals surface area contributed by atoms with Crippen molar-refractivity contribution in [2.24, 2.45) is 5.41 Å². The zero-order chi connectivity index (χ0) is 18.0. The third-order valence-corrected chi connectivity index (χ3v) is 4.36. The molecule has 3 rings (SSSR count). The van der Waals surface area contributed by atoms with Gasteiger partial charge in [-0.25, -0.2) is 0 Å². The first-order chi connectivity index (χ1) is 11.9. The van der Waals surface area contributed by atoms with Gasteiger partial charge in [0.05, 0.1) is 0 Å². The molecule has 1 aliphatic heterocycles. The Labute approximate surface area is 146 Å². The van der Waals surface area contributed by atoms with Crippen LogP contribution >= 0.6 is 0 Å². The van der Waals surface area contributed by atoms with E-state index in [0.717, 1.165) is 12.0 Å². The van der Waals surface area contributed by atoms with Crippen LogP contribution in [0.2, 0.25) is 0 Å². The lowest BCUT2D eigenvalue weighted by Gasteiger charge is -2.23. The molecule has 7 heteroatoms. The van der Waals surface area contributed by atoms with Gasteiger partial charge in [-0.05, 0) is 30.9 Å². The molecule has 0 spiro atoms. The van der Waals surface area contributed by atoms with Crippen LogP contribution < -0.4 is 5.32 Å². The van der Waals surface area contributed by atoms with Crippen molar-refractivity contribution in [2.75, 3.05) is 13.1 Å². The van der Waals surface area contributed by atoms with Crippen LogP contribution in [-0.2, 0) is 4.79 Å². The van der Waals surface area contributed by atoms with Crippen molar-refractivity contribution >= 4 is 11.8 Å². The Morgan fingerprint density at radius 3 is 2.64 bits per heavy atom. The number of carbonyl (C=O) groups is 2. The molecule has 1 fully saturated rings. The average molecular weight is 342 g/mol. The third kappa shape index (κ3) is 3.87. The van der Waals surface area contributed by atoms with Crippen molar-refractivity contribution in [1.29, 1.82) is 0 Å². The molecule has 2 aromatic rings. The lowest BCUT2D eigenvalue weighted by atomic mass is 9.93. The molecule has 0 bridgehead atoms. The summed E-state index contributed by atoms with van der Waals surface area (Å²) in [4.78, 5) is 30.6. The van der Waals surface area contributed by atoms with Gasteiger partial charge in [-0.3, -0.25) is 9.59 Å². The molecular formula is C18H22N4O3. The van der Waals surface area contributed by atoms with E-state index in [-0.39, 0.29) is 23.0 Å². The largest absolute Gasteiger partial charge is 0.340 e. The van der Waals surface area contributed by atoms with Gasteiger partial charge in [-0.2, -0.15) is 4.98 Å². The number of aromatic nitrogens is 2. The lowest BCUT2D eigenvalue weighted by molar-refractivity contribution is -0.132. The van der Waals surface area contributed by atoms with E-state index in [4.69, 9.17) is 4.52 Å². The van der Waals surface area contributed by atoms with Crippen LogP contribution in [0.15, 0.2) is 34.9 Å². The maximum atomic E-state index is 12.5. The van der Waals surface area contributed by atoms with E-state index < -0.39 is 11.9 Å². The molecule has 2 amide bonds. The molecule has 0 aliphatic carbocycles. The van der Waals surface area contributed by atoms with E-state index in [1.54, 1.807) is 11.8 Å². The molecular weight excluding hydrogens is 320 g/mol. The summed E-state index contributed by atoms with van der Waals surface area (Å²) in [5.74, 6) is -0.429. The summed E-state index contributed by atoms with van der Waals surface area (Å²) in [5.41, 5.74) is 0.856. The smallest absolute Gasteiger partial charge is 0.293 e. The molecule has 7 nitrogen and oxygen atoms in total. The highest BCUT2D eigenvalue weighted by Gasteiger charge is 2.34. The summed E-state index contributed by atoms with van der Waals surface area (Å²) in [6, 6.07) is 8.56. The van der Waals surface area contributed by atoms with Crippen molar-refractivity contribution in [3.8, 4) is 11.5 Å². The van der Waals surface area contributed by atoms with Gasteiger partial charge in [0.25, 0.3) is 17.6 Å². The number of hydrogen-bond donors (Lipinski definition) is 1. The van der Waals surface area contributed by atoms with Gasteiger partial charge < -0.3 is 14.7 Å². The fourth-order valence-electron chi connectivity index (χ4n) is 2.91. The molecule has 2 heterocycles. The number of likely N-dealkylation sites (tertiary alicyclic amines) is 1. The van der Waals surface area contributed by atoms with Crippen LogP contribution in [0.25, 0.3) is 11.5 Å². The summed E-state index contributed by atoms with van der Waals surface area (Å²) >= 11 is 0. The summed E-state index contributed by atoms with van der Waals surface area (Å²) in [6.45, 7) is 7.35. The summed E-state index contributed by atoms with van der Waals surface area (Å²) in [5, 5.41) is 6.35. The van der Waals surface area contributed by atoms with Crippen LogP contribution in [0.3, 0.4) is 0 Å². The quantitative estimate of drug-likeness (QED) is 0.919. The minimum Gasteiger partial charge on any atom is -0.340 e. The number of rotatable bonds is 4. The van der Waals surface area contributed by atoms with Crippen LogP contribution in [0.5, 0.6) is 0 Å². The molecule has 1 aliphatic rings. The molecule has 1 atom stereocenters. The van der Waals surface area contributed by atoms with E-state index in [1.165, 1.54) is 0 Å². The van der Waals surface area contributed by atoms with Crippen molar-refractivity contribution < 1.29 is 14.1 Å². The zero-order valence-electron chi connectivity index (χ0n) is 14.7. The number of amides is 2. The summed E-state index contributed by atoms with van der Waals surface area (Å²) < 4.78 is 5.12. The van der Waals surface area contributed by atoms with Crippen LogP contribution in [0, 0.1) is 5.41 Å². The monoisotopic (exact) mass is 342 g/mol. The van der Waals surface area contributed by atoms with Gasteiger partial charge in [0, 0.05) is 18.7 Å². The van der Waals surface area contributed by atoms with Crippen molar-refractivity contribution in [1.82, 2.24) is 20.4 Å². The zero-order valence-corrected chi connectivity index (χ0v) is 14.7. The van der Waals surface area contributed by atoms with Crippen molar-refractivity contribution in [3.05, 3.63) is 36.2 Å². The van der Waals surface area contributed by atoms with Gasteiger partial charge >= 0.3 is 0 Å². The van der Waals surface area contributed by atoms with Gasteiger partial charge in [0.2, 0.25) is 5.91 Å². The lowest BCUT2D eigenvalue weighted by Crippen LogP contribution is -2.46. The highest BCUT2D eigenvalue weighted by Crippen LogP contribution is 2.29. The maximum Gasteiger partial charge on any atom is 0.293 e. The number of nitrogens with zero attached hydrogens (tertiary/aromatic N) is 3. The van der Waals surface area contributed by atoms with E-state index in [1.807, 2.05) is 30.3 Å². The first-order valence-electron chi connectivity index (χ1n) is 8.34. The second-order valence-electron chi connectivity index (χ2n) is 7.16. The molecule has 0 unspecified atom stereocenters.